The number of hydrogen-bond acceptors (Lipinski definition) is 2. The minimum absolute atomic E-state index is 0.185. The van der Waals surface area contributed by atoms with Crippen molar-refractivity contribution < 1.29 is 17.9 Å². The normalized spacial score (nSPS) is 13.7. The van der Waals surface area contributed by atoms with Crippen molar-refractivity contribution in [2.45, 2.75) is 19.1 Å². The molecule has 2 N–H and O–H groups in total. The topological polar surface area (TPSA) is 35.2 Å². The smallest absolute Gasteiger partial charge is 0.422 e. The first-order valence-corrected chi connectivity index (χ1v) is 4.44. The number of ether oxygens (including phenoxy) is 1. The molecule has 0 heterocycles. The summed E-state index contributed by atoms with van der Waals surface area (Å²) in [6.45, 7) is 0.395. The van der Waals surface area contributed by atoms with E-state index in [4.69, 9.17) is 5.73 Å². The Morgan fingerprint density at radius 2 is 1.93 bits per heavy atom. The average molecular weight is 219 g/mol. The zero-order valence-electron chi connectivity index (χ0n) is 8.21. The molecule has 1 aromatic rings. The first-order valence-electron chi connectivity index (χ1n) is 4.44. The van der Waals surface area contributed by atoms with Crippen LogP contribution in [-0.2, 0) is 0 Å². The van der Waals surface area contributed by atoms with Crippen molar-refractivity contribution in [3.8, 4) is 5.75 Å². The summed E-state index contributed by atoms with van der Waals surface area (Å²) < 4.78 is 40.4. The molecule has 0 aliphatic rings. The van der Waals surface area contributed by atoms with Crippen LogP contribution in [0.5, 0.6) is 5.75 Å². The first-order chi connectivity index (χ1) is 6.90. The molecule has 0 aromatic heterocycles. The lowest BCUT2D eigenvalue weighted by Crippen LogP contribution is -2.20. The van der Waals surface area contributed by atoms with Crippen LogP contribution >= 0.6 is 0 Å². The molecule has 0 saturated heterocycles. The van der Waals surface area contributed by atoms with Gasteiger partial charge in [0.15, 0.2) is 6.61 Å². The standard InChI is InChI=1S/C10H12F3NO/c1-7(14)8-4-2-3-5-9(8)15-6-10(11,12)13/h2-5,7H,6,14H2,1H3. The van der Waals surface area contributed by atoms with Gasteiger partial charge in [0.2, 0.25) is 0 Å². The predicted molar refractivity (Wildman–Crippen MR) is 50.6 cm³/mol. The molecule has 1 atom stereocenters. The Morgan fingerprint density at radius 1 is 1.33 bits per heavy atom. The van der Waals surface area contributed by atoms with Crippen molar-refractivity contribution in [1.29, 1.82) is 0 Å². The van der Waals surface area contributed by atoms with Crippen LogP contribution in [0.15, 0.2) is 24.3 Å². The van der Waals surface area contributed by atoms with Crippen LogP contribution in [0.3, 0.4) is 0 Å². The third kappa shape index (κ3) is 3.79. The Hall–Kier alpha value is -1.23. The maximum absolute atomic E-state index is 11.9. The number of para-hydroxylation sites is 1. The van der Waals surface area contributed by atoms with E-state index >= 15 is 0 Å². The van der Waals surface area contributed by atoms with Crippen molar-refractivity contribution in [2.24, 2.45) is 5.73 Å². The van der Waals surface area contributed by atoms with Gasteiger partial charge < -0.3 is 10.5 Å². The third-order valence-corrected chi connectivity index (χ3v) is 1.80. The van der Waals surface area contributed by atoms with E-state index in [1.54, 1.807) is 25.1 Å². The highest BCUT2D eigenvalue weighted by Crippen LogP contribution is 2.25. The second kappa shape index (κ2) is 4.53. The van der Waals surface area contributed by atoms with Crippen molar-refractivity contribution in [1.82, 2.24) is 0 Å². The minimum Gasteiger partial charge on any atom is -0.484 e. The molecule has 2 nitrogen and oxygen atoms in total. The maximum atomic E-state index is 11.9. The summed E-state index contributed by atoms with van der Waals surface area (Å²) in [5, 5.41) is 0. The van der Waals surface area contributed by atoms with Gasteiger partial charge in [0.05, 0.1) is 0 Å². The van der Waals surface area contributed by atoms with E-state index in [1.807, 2.05) is 0 Å². The van der Waals surface area contributed by atoms with E-state index in [-0.39, 0.29) is 11.8 Å². The lowest BCUT2D eigenvalue weighted by molar-refractivity contribution is -0.153. The number of benzene rings is 1. The predicted octanol–water partition coefficient (Wildman–Crippen LogP) is 2.65. The fourth-order valence-electron chi connectivity index (χ4n) is 1.15. The molecule has 0 saturated carbocycles. The van der Waals surface area contributed by atoms with Gasteiger partial charge in [0.25, 0.3) is 0 Å². The molecule has 0 spiro atoms. The quantitative estimate of drug-likeness (QED) is 0.848. The van der Waals surface area contributed by atoms with E-state index in [1.165, 1.54) is 6.07 Å². The summed E-state index contributed by atoms with van der Waals surface area (Å²) in [5.74, 6) is 0.185. The Balaban J connectivity index is 2.76. The van der Waals surface area contributed by atoms with Gasteiger partial charge >= 0.3 is 6.18 Å². The van der Waals surface area contributed by atoms with Gasteiger partial charge in [-0.3, -0.25) is 0 Å². The molecule has 0 aliphatic heterocycles. The first kappa shape index (κ1) is 11.8. The molecule has 84 valence electrons. The second-order valence-electron chi connectivity index (χ2n) is 3.23. The molecule has 0 fully saturated rings. The molecule has 15 heavy (non-hydrogen) atoms. The Kier molecular flexibility index (Phi) is 3.57. The molecule has 0 radical (unpaired) electrons. The molecule has 0 aliphatic carbocycles. The van der Waals surface area contributed by atoms with E-state index < -0.39 is 12.8 Å². The maximum Gasteiger partial charge on any atom is 0.422 e. The van der Waals surface area contributed by atoms with Gasteiger partial charge in [-0.1, -0.05) is 18.2 Å². The highest BCUT2D eigenvalue weighted by atomic mass is 19.4. The highest BCUT2D eigenvalue weighted by molar-refractivity contribution is 5.35. The Bertz CT molecular complexity index is 323. The van der Waals surface area contributed by atoms with Crippen molar-refractivity contribution in [3.63, 3.8) is 0 Å². The average Bonchev–Trinajstić information content (AvgIpc) is 2.14. The van der Waals surface area contributed by atoms with Gasteiger partial charge in [-0.15, -0.1) is 0 Å². The van der Waals surface area contributed by atoms with Gasteiger partial charge in [-0.2, -0.15) is 13.2 Å². The van der Waals surface area contributed by atoms with Crippen LogP contribution in [0.1, 0.15) is 18.5 Å². The molecule has 5 heteroatoms. The highest BCUT2D eigenvalue weighted by Gasteiger charge is 2.28. The summed E-state index contributed by atoms with van der Waals surface area (Å²) in [7, 11) is 0. The fraction of sp³-hybridized carbons (Fsp3) is 0.400. The zero-order chi connectivity index (χ0) is 11.5. The van der Waals surface area contributed by atoms with Crippen LogP contribution in [0.25, 0.3) is 0 Å². The number of alkyl halides is 3. The lowest BCUT2D eigenvalue weighted by atomic mass is 10.1. The molecule has 1 aromatic carbocycles. The summed E-state index contributed by atoms with van der Waals surface area (Å²) in [6, 6.07) is 6.09. The van der Waals surface area contributed by atoms with Crippen LogP contribution in [0.2, 0.25) is 0 Å². The van der Waals surface area contributed by atoms with Crippen molar-refractivity contribution in [3.05, 3.63) is 29.8 Å². The third-order valence-electron chi connectivity index (χ3n) is 1.80. The minimum atomic E-state index is -4.33. The summed E-state index contributed by atoms with van der Waals surface area (Å²) in [5.41, 5.74) is 6.16. The molecular formula is C10H12F3NO. The van der Waals surface area contributed by atoms with E-state index in [0.29, 0.717) is 5.56 Å². The van der Waals surface area contributed by atoms with Gasteiger partial charge in [-0.05, 0) is 13.0 Å². The monoisotopic (exact) mass is 219 g/mol. The fourth-order valence-corrected chi connectivity index (χ4v) is 1.15. The molecule has 1 unspecified atom stereocenters. The van der Waals surface area contributed by atoms with Gasteiger partial charge in [0, 0.05) is 11.6 Å². The molecular weight excluding hydrogens is 207 g/mol. The summed E-state index contributed by atoms with van der Waals surface area (Å²) in [6.07, 6.45) is -4.33. The van der Waals surface area contributed by atoms with Crippen LogP contribution < -0.4 is 10.5 Å². The van der Waals surface area contributed by atoms with Crippen LogP contribution in [0.4, 0.5) is 13.2 Å². The Morgan fingerprint density at radius 3 is 2.47 bits per heavy atom. The SMILES string of the molecule is CC(N)c1ccccc1OCC(F)(F)F. The van der Waals surface area contributed by atoms with Crippen LogP contribution in [-0.4, -0.2) is 12.8 Å². The van der Waals surface area contributed by atoms with Crippen LogP contribution in [0, 0.1) is 0 Å². The zero-order valence-corrected chi connectivity index (χ0v) is 8.21. The van der Waals surface area contributed by atoms with Gasteiger partial charge in [-0.25, -0.2) is 0 Å². The summed E-state index contributed by atoms with van der Waals surface area (Å²) in [4.78, 5) is 0. The number of halogens is 3. The summed E-state index contributed by atoms with van der Waals surface area (Å²) >= 11 is 0. The second-order valence-corrected chi connectivity index (χ2v) is 3.23. The number of nitrogens with two attached hydrogens (primary N) is 1. The number of hydrogen-bond donors (Lipinski definition) is 1. The van der Waals surface area contributed by atoms with Gasteiger partial charge in [0.1, 0.15) is 5.75 Å². The van der Waals surface area contributed by atoms with Crippen molar-refractivity contribution >= 4 is 0 Å². The Labute approximate surface area is 85.8 Å². The number of rotatable bonds is 3. The molecule has 0 bridgehead atoms. The molecule has 0 amide bonds. The van der Waals surface area contributed by atoms with E-state index in [2.05, 4.69) is 4.74 Å². The molecule has 1 rings (SSSR count). The van der Waals surface area contributed by atoms with E-state index in [9.17, 15) is 13.2 Å². The largest absolute Gasteiger partial charge is 0.484 e. The van der Waals surface area contributed by atoms with E-state index in [0.717, 1.165) is 0 Å². The lowest BCUT2D eigenvalue weighted by Gasteiger charge is -2.14. The van der Waals surface area contributed by atoms with Crippen molar-refractivity contribution in [2.75, 3.05) is 6.61 Å².